The average molecular weight is 125 g/mol. The molecule has 2 fully saturated rings. The topological polar surface area (TPSA) is 26.0 Å². The van der Waals surface area contributed by atoms with Gasteiger partial charge in [0.05, 0.1) is 0 Å². The van der Waals surface area contributed by atoms with E-state index in [-0.39, 0.29) is 0 Å². The van der Waals surface area contributed by atoms with Crippen LogP contribution in [0.15, 0.2) is 0 Å². The quantitative estimate of drug-likeness (QED) is 0.563. The van der Waals surface area contributed by atoms with Crippen LogP contribution >= 0.6 is 0 Å². The van der Waals surface area contributed by atoms with Crippen molar-refractivity contribution >= 4 is 0 Å². The average Bonchev–Trinajstić information content (AvgIpc) is 2.45. The van der Waals surface area contributed by atoms with Crippen molar-refractivity contribution in [2.24, 2.45) is 23.5 Å². The first-order valence-corrected chi connectivity index (χ1v) is 4.10. The first kappa shape index (κ1) is 5.72. The Morgan fingerprint density at radius 1 is 1.22 bits per heavy atom. The lowest BCUT2D eigenvalue weighted by molar-refractivity contribution is 0.341. The van der Waals surface area contributed by atoms with E-state index >= 15 is 0 Å². The van der Waals surface area contributed by atoms with Gasteiger partial charge in [0, 0.05) is 0 Å². The van der Waals surface area contributed by atoms with E-state index in [1.54, 1.807) is 0 Å². The highest BCUT2D eigenvalue weighted by Gasteiger charge is 2.38. The Labute approximate surface area is 56.6 Å². The number of fused-ring (bicyclic) bond motifs is 2. The monoisotopic (exact) mass is 125 g/mol. The first-order chi connectivity index (χ1) is 4.40. The highest BCUT2D eigenvalue weighted by molar-refractivity contribution is 4.89. The van der Waals surface area contributed by atoms with E-state index in [0.29, 0.717) is 0 Å². The molecule has 0 unspecified atom stereocenters. The maximum atomic E-state index is 5.62. The van der Waals surface area contributed by atoms with Crippen LogP contribution in [0.5, 0.6) is 0 Å². The van der Waals surface area contributed by atoms with Crippen LogP contribution in [0.4, 0.5) is 0 Å². The standard InChI is InChI=1S/C8H15N/c9-5-8-4-6-1-2-7(8)3-6/h6-8H,1-5,9H2/t6-,7+,8+/m0/s1. The third-order valence-corrected chi connectivity index (χ3v) is 3.19. The van der Waals surface area contributed by atoms with Crippen molar-refractivity contribution in [3.05, 3.63) is 0 Å². The molecule has 0 amide bonds. The van der Waals surface area contributed by atoms with Crippen molar-refractivity contribution in [2.45, 2.75) is 25.7 Å². The summed E-state index contributed by atoms with van der Waals surface area (Å²) in [7, 11) is 0. The van der Waals surface area contributed by atoms with Crippen molar-refractivity contribution in [2.75, 3.05) is 6.54 Å². The summed E-state index contributed by atoms with van der Waals surface area (Å²) in [6.45, 7) is 0.946. The summed E-state index contributed by atoms with van der Waals surface area (Å²) in [4.78, 5) is 0. The second-order valence-corrected chi connectivity index (χ2v) is 3.67. The molecule has 9 heavy (non-hydrogen) atoms. The number of hydrogen-bond donors (Lipinski definition) is 1. The Bertz CT molecular complexity index is 111. The summed E-state index contributed by atoms with van der Waals surface area (Å²) >= 11 is 0. The molecule has 2 rings (SSSR count). The maximum absolute atomic E-state index is 5.62. The second-order valence-electron chi connectivity index (χ2n) is 3.67. The Morgan fingerprint density at radius 2 is 2.11 bits per heavy atom. The fraction of sp³-hybridized carbons (Fsp3) is 1.00. The maximum Gasteiger partial charge on any atom is -0.00461 e. The molecule has 2 bridgehead atoms. The van der Waals surface area contributed by atoms with Crippen LogP contribution in [-0.4, -0.2) is 6.54 Å². The Balaban J connectivity index is 2.01. The molecule has 2 aliphatic carbocycles. The predicted molar refractivity (Wildman–Crippen MR) is 38.0 cm³/mol. The molecule has 3 atom stereocenters. The zero-order chi connectivity index (χ0) is 6.27. The molecule has 1 nitrogen and oxygen atoms in total. The van der Waals surface area contributed by atoms with Gasteiger partial charge in [-0.25, -0.2) is 0 Å². The van der Waals surface area contributed by atoms with Crippen molar-refractivity contribution in [1.82, 2.24) is 0 Å². The van der Waals surface area contributed by atoms with Gasteiger partial charge in [0.1, 0.15) is 0 Å². The number of rotatable bonds is 1. The highest BCUT2D eigenvalue weighted by atomic mass is 14.6. The molecule has 0 radical (unpaired) electrons. The van der Waals surface area contributed by atoms with Gasteiger partial charge in [-0.1, -0.05) is 6.42 Å². The number of nitrogens with two attached hydrogens (primary N) is 1. The molecule has 2 N–H and O–H groups in total. The van der Waals surface area contributed by atoms with Gasteiger partial charge in [-0.3, -0.25) is 0 Å². The van der Waals surface area contributed by atoms with Gasteiger partial charge in [0.15, 0.2) is 0 Å². The van der Waals surface area contributed by atoms with Gasteiger partial charge in [0.25, 0.3) is 0 Å². The Morgan fingerprint density at radius 3 is 2.44 bits per heavy atom. The SMILES string of the molecule is NC[C@H]1C[C@H]2CC[C@@H]1C2. The van der Waals surface area contributed by atoms with E-state index in [1.807, 2.05) is 0 Å². The largest absolute Gasteiger partial charge is 0.330 e. The van der Waals surface area contributed by atoms with Crippen LogP contribution in [0.1, 0.15) is 25.7 Å². The molecule has 1 heteroatoms. The van der Waals surface area contributed by atoms with E-state index in [9.17, 15) is 0 Å². The van der Waals surface area contributed by atoms with Crippen LogP contribution in [0, 0.1) is 17.8 Å². The van der Waals surface area contributed by atoms with Crippen LogP contribution < -0.4 is 5.73 Å². The van der Waals surface area contributed by atoms with Crippen molar-refractivity contribution < 1.29 is 0 Å². The van der Waals surface area contributed by atoms with Crippen molar-refractivity contribution in [3.8, 4) is 0 Å². The van der Waals surface area contributed by atoms with Gasteiger partial charge in [-0.15, -0.1) is 0 Å². The minimum Gasteiger partial charge on any atom is -0.330 e. The van der Waals surface area contributed by atoms with Gasteiger partial charge < -0.3 is 5.73 Å². The molecule has 0 saturated heterocycles. The number of hydrogen-bond acceptors (Lipinski definition) is 1. The van der Waals surface area contributed by atoms with E-state index < -0.39 is 0 Å². The minimum absolute atomic E-state index is 0.906. The van der Waals surface area contributed by atoms with Gasteiger partial charge in [0.2, 0.25) is 0 Å². The van der Waals surface area contributed by atoms with Crippen molar-refractivity contribution in [1.29, 1.82) is 0 Å². The second kappa shape index (κ2) is 1.98. The fourth-order valence-corrected chi connectivity index (χ4v) is 2.67. The first-order valence-electron chi connectivity index (χ1n) is 4.10. The summed E-state index contributed by atoms with van der Waals surface area (Å²) in [5.41, 5.74) is 5.62. The lowest BCUT2D eigenvalue weighted by Crippen LogP contribution is -2.19. The van der Waals surface area contributed by atoms with Gasteiger partial charge >= 0.3 is 0 Å². The van der Waals surface area contributed by atoms with E-state index in [1.165, 1.54) is 25.7 Å². The highest BCUT2D eigenvalue weighted by Crippen LogP contribution is 2.47. The molecule has 0 spiro atoms. The molecule has 0 aromatic rings. The summed E-state index contributed by atoms with van der Waals surface area (Å²) in [5.74, 6) is 3.01. The van der Waals surface area contributed by atoms with Crippen LogP contribution in [-0.2, 0) is 0 Å². The molecule has 0 aromatic carbocycles. The Hall–Kier alpha value is -0.0400. The van der Waals surface area contributed by atoms with Crippen LogP contribution in [0.25, 0.3) is 0 Å². The molecule has 0 heterocycles. The summed E-state index contributed by atoms with van der Waals surface area (Å²) < 4.78 is 0. The fourth-order valence-electron chi connectivity index (χ4n) is 2.67. The van der Waals surface area contributed by atoms with Gasteiger partial charge in [-0.05, 0) is 43.6 Å². The smallest absolute Gasteiger partial charge is 0.00461 e. The van der Waals surface area contributed by atoms with Crippen LogP contribution in [0.3, 0.4) is 0 Å². The molecule has 0 aromatic heterocycles. The minimum atomic E-state index is 0.906. The van der Waals surface area contributed by atoms with Crippen LogP contribution in [0.2, 0.25) is 0 Å². The third-order valence-electron chi connectivity index (χ3n) is 3.19. The van der Waals surface area contributed by atoms with E-state index in [2.05, 4.69) is 0 Å². The molecular weight excluding hydrogens is 110 g/mol. The zero-order valence-electron chi connectivity index (χ0n) is 5.84. The molecule has 0 aliphatic heterocycles. The van der Waals surface area contributed by atoms with E-state index in [0.717, 1.165) is 24.3 Å². The summed E-state index contributed by atoms with van der Waals surface area (Å²) in [6.07, 6.45) is 5.93. The zero-order valence-corrected chi connectivity index (χ0v) is 5.84. The normalized spacial score (nSPS) is 48.3. The molecule has 2 saturated carbocycles. The molecular formula is C8H15N. The van der Waals surface area contributed by atoms with E-state index in [4.69, 9.17) is 5.73 Å². The lowest BCUT2D eigenvalue weighted by atomic mass is 9.89. The molecule has 2 aliphatic rings. The third kappa shape index (κ3) is 0.787. The molecule has 52 valence electrons. The Kier molecular flexibility index (Phi) is 1.26. The summed E-state index contributed by atoms with van der Waals surface area (Å²) in [5, 5.41) is 0. The lowest BCUT2D eigenvalue weighted by Gasteiger charge is -2.18. The predicted octanol–water partition coefficient (Wildman–Crippen LogP) is 1.38. The van der Waals surface area contributed by atoms with Gasteiger partial charge in [-0.2, -0.15) is 0 Å². The van der Waals surface area contributed by atoms with Crippen molar-refractivity contribution in [3.63, 3.8) is 0 Å². The summed E-state index contributed by atoms with van der Waals surface area (Å²) in [6, 6.07) is 0.